The van der Waals surface area contributed by atoms with E-state index in [9.17, 15) is 9.59 Å². The first-order valence-electron chi connectivity index (χ1n) is 9.47. The molecule has 0 aromatic heterocycles. The van der Waals surface area contributed by atoms with Crippen molar-refractivity contribution in [3.05, 3.63) is 58.4 Å². The van der Waals surface area contributed by atoms with Crippen molar-refractivity contribution in [2.24, 2.45) is 11.7 Å². The number of fused-ring (bicyclic) bond motifs is 1. The number of nitrogens with one attached hydrogen (secondary N) is 1. The summed E-state index contributed by atoms with van der Waals surface area (Å²) in [5.41, 5.74) is 9.32. The first kappa shape index (κ1) is 20.9. The predicted molar refractivity (Wildman–Crippen MR) is 109 cm³/mol. The SMILES string of the molecule is CC1=C(N)CC(=O)c2ccccc2C(=O)C(C)C(NCCC[N+](C)(C)C)=C1. The molecule has 1 aliphatic rings. The topological polar surface area (TPSA) is 72.2 Å². The van der Waals surface area contributed by atoms with Gasteiger partial charge in [-0.2, -0.15) is 0 Å². The molecule has 1 aromatic carbocycles. The second kappa shape index (κ2) is 8.53. The molecular weight excluding hydrogens is 338 g/mol. The Balaban J connectivity index is 2.34. The van der Waals surface area contributed by atoms with E-state index in [0.29, 0.717) is 16.8 Å². The molecule has 0 aliphatic heterocycles. The Hall–Kier alpha value is -2.40. The minimum Gasteiger partial charge on any atom is -0.401 e. The van der Waals surface area contributed by atoms with Crippen molar-refractivity contribution < 1.29 is 14.1 Å². The molecule has 5 nitrogen and oxygen atoms in total. The highest BCUT2D eigenvalue weighted by Crippen LogP contribution is 2.24. The van der Waals surface area contributed by atoms with E-state index in [1.807, 2.05) is 19.9 Å². The lowest BCUT2D eigenvalue weighted by atomic mass is 9.88. The van der Waals surface area contributed by atoms with Gasteiger partial charge in [0.05, 0.1) is 40.0 Å². The van der Waals surface area contributed by atoms with Gasteiger partial charge in [-0.25, -0.2) is 0 Å². The first-order chi connectivity index (χ1) is 12.6. The molecular formula is C22H32N3O2+. The van der Waals surface area contributed by atoms with Crippen LogP contribution in [-0.4, -0.2) is 50.3 Å². The van der Waals surface area contributed by atoms with Gasteiger partial charge in [-0.1, -0.05) is 24.3 Å². The molecule has 1 aromatic rings. The lowest BCUT2D eigenvalue weighted by Gasteiger charge is -2.25. The van der Waals surface area contributed by atoms with Gasteiger partial charge in [0.1, 0.15) is 0 Å². The van der Waals surface area contributed by atoms with Crippen molar-refractivity contribution in [1.82, 2.24) is 5.32 Å². The molecule has 2 rings (SSSR count). The largest absolute Gasteiger partial charge is 0.401 e. The third-order valence-electron chi connectivity index (χ3n) is 4.92. The van der Waals surface area contributed by atoms with Crippen LogP contribution < -0.4 is 11.1 Å². The quantitative estimate of drug-likeness (QED) is 0.617. The Morgan fingerprint density at radius 2 is 1.78 bits per heavy atom. The molecule has 146 valence electrons. The first-order valence-corrected chi connectivity index (χ1v) is 9.47. The van der Waals surface area contributed by atoms with Gasteiger partial charge in [-0.3, -0.25) is 9.59 Å². The van der Waals surface area contributed by atoms with Crippen molar-refractivity contribution in [2.45, 2.75) is 26.7 Å². The number of Topliss-reactive ketones (excluding diaryl/α,β-unsaturated/α-hetero) is 2. The molecule has 0 saturated heterocycles. The summed E-state index contributed by atoms with van der Waals surface area (Å²) in [6, 6.07) is 7.03. The number of carbonyl (C=O) groups is 2. The number of rotatable bonds is 5. The standard InChI is InChI=1S/C22H32N3O2/c1-15-13-20(24-11-8-12-25(3,4)5)16(2)22(27)18-10-7-6-9-17(18)21(26)14-19(15)23/h6-7,9-10,13,16,24H,8,11-12,14,23H2,1-5H3/q+1. The van der Waals surface area contributed by atoms with E-state index in [4.69, 9.17) is 5.73 Å². The van der Waals surface area contributed by atoms with Crippen LogP contribution in [0.3, 0.4) is 0 Å². The number of hydrogen-bond donors (Lipinski definition) is 2. The lowest BCUT2D eigenvalue weighted by molar-refractivity contribution is -0.870. The summed E-state index contributed by atoms with van der Waals surface area (Å²) in [6.45, 7) is 5.60. The fourth-order valence-electron chi connectivity index (χ4n) is 3.16. The molecule has 27 heavy (non-hydrogen) atoms. The summed E-state index contributed by atoms with van der Waals surface area (Å²) in [5.74, 6) is -0.530. The maximum absolute atomic E-state index is 13.1. The number of quaternary nitrogens is 1. The van der Waals surface area contributed by atoms with E-state index in [-0.39, 0.29) is 23.9 Å². The van der Waals surface area contributed by atoms with E-state index in [0.717, 1.165) is 35.3 Å². The molecule has 0 fully saturated rings. The number of benzene rings is 1. The van der Waals surface area contributed by atoms with Crippen LogP contribution in [0.25, 0.3) is 0 Å². The molecule has 5 heteroatoms. The maximum Gasteiger partial charge on any atom is 0.172 e. The van der Waals surface area contributed by atoms with E-state index in [1.165, 1.54) is 0 Å². The number of carbonyl (C=O) groups excluding carboxylic acids is 2. The van der Waals surface area contributed by atoms with Crippen LogP contribution in [-0.2, 0) is 0 Å². The molecule has 0 radical (unpaired) electrons. The van der Waals surface area contributed by atoms with Crippen LogP contribution in [0.1, 0.15) is 47.4 Å². The molecule has 0 bridgehead atoms. The van der Waals surface area contributed by atoms with Crippen LogP contribution in [0.15, 0.2) is 47.3 Å². The third-order valence-corrected chi connectivity index (χ3v) is 4.92. The summed E-state index contributed by atoms with van der Waals surface area (Å²) in [6.07, 6.45) is 3.04. The van der Waals surface area contributed by atoms with Crippen LogP contribution in [0.2, 0.25) is 0 Å². The van der Waals surface area contributed by atoms with Crippen molar-refractivity contribution in [3.63, 3.8) is 0 Å². The van der Waals surface area contributed by atoms with Gasteiger partial charge in [0.15, 0.2) is 11.6 Å². The second-order valence-electron chi connectivity index (χ2n) is 8.33. The Morgan fingerprint density at radius 3 is 2.41 bits per heavy atom. The summed E-state index contributed by atoms with van der Waals surface area (Å²) in [4.78, 5) is 25.7. The fraction of sp³-hybridized carbons (Fsp3) is 0.455. The highest BCUT2D eigenvalue weighted by molar-refractivity contribution is 6.10. The zero-order valence-electron chi connectivity index (χ0n) is 17.1. The predicted octanol–water partition coefficient (Wildman–Crippen LogP) is 2.89. The number of nitrogens with zero attached hydrogens (tertiary/aromatic N) is 1. The molecule has 1 unspecified atom stereocenters. The monoisotopic (exact) mass is 370 g/mol. The average Bonchev–Trinajstić information content (AvgIpc) is 2.61. The highest BCUT2D eigenvalue weighted by Gasteiger charge is 2.25. The van der Waals surface area contributed by atoms with E-state index in [1.54, 1.807) is 24.3 Å². The van der Waals surface area contributed by atoms with Crippen molar-refractivity contribution >= 4 is 11.6 Å². The van der Waals surface area contributed by atoms with Crippen molar-refractivity contribution in [2.75, 3.05) is 34.2 Å². The van der Waals surface area contributed by atoms with Crippen molar-refractivity contribution in [3.8, 4) is 0 Å². The van der Waals surface area contributed by atoms with Gasteiger partial charge >= 0.3 is 0 Å². The fourth-order valence-corrected chi connectivity index (χ4v) is 3.16. The van der Waals surface area contributed by atoms with Gasteiger partial charge in [-0.15, -0.1) is 0 Å². The minimum absolute atomic E-state index is 0.0439. The Bertz CT molecular complexity index is 785. The molecule has 1 atom stereocenters. The van der Waals surface area contributed by atoms with Gasteiger partial charge in [0.2, 0.25) is 0 Å². The van der Waals surface area contributed by atoms with Crippen molar-refractivity contribution in [1.29, 1.82) is 0 Å². The molecule has 0 spiro atoms. The smallest absolute Gasteiger partial charge is 0.172 e. The van der Waals surface area contributed by atoms with Gasteiger partial charge < -0.3 is 15.5 Å². The van der Waals surface area contributed by atoms with E-state index in [2.05, 4.69) is 26.5 Å². The summed E-state index contributed by atoms with van der Waals surface area (Å²) in [5, 5.41) is 3.44. The third kappa shape index (κ3) is 5.54. The summed E-state index contributed by atoms with van der Waals surface area (Å²) >= 11 is 0. The number of ketones is 2. The average molecular weight is 371 g/mol. The molecule has 3 N–H and O–H groups in total. The van der Waals surface area contributed by atoms with Crippen LogP contribution in [0, 0.1) is 5.92 Å². The molecule has 0 heterocycles. The van der Waals surface area contributed by atoms with E-state index >= 15 is 0 Å². The van der Waals surface area contributed by atoms with Gasteiger partial charge in [-0.05, 0) is 25.5 Å². The number of nitrogens with two attached hydrogens (primary N) is 1. The molecule has 0 amide bonds. The lowest BCUT2D eigenvalue weighted by Crippen LogP contribution is -2.37. The Labute approximate surface area is 162 Å². The van der Waals surface area contributed by atoms with Crippen LogP contribution in [0.4, 0.5) is 0 Å². The van der Waals surface area contributed by atoms with Crippen LogP contribution in [0.5, 0.6) is 0 Å². The Kier molecular flexibility index (Phi) is 6.60. The normalized spacial score (nSPS) is 18.9. The Morgan fingerprint density at radius 1 is 1.15 bits per heavy atom. The highest BCUT2D eigenvalue weighted by atomic mass is 16.1. The number of allylic oxidation sites excluding steroid dienone is 4. The zero-order chi connectivity index (χ0) is 20.2. The molecule has 0 saturated carbocycles. The summed E-state index contributed by atoms with van der Waals surface area (Å²) in [7, 11) is 6.49. The van der Waals surface area contributed by atoms with Crippen LogP contribution >= 0.6 is 0 Å². The number of hydrogen-bond acceptors (Lipinski definition) is 4. The minimum atomic E-state index is -0.371. The van der Waals surface area contributed by atoms with Gasteiger partial charge in [0.25, 0.3) is 0 Å². The second-order valence-corrected chi connectivity index (χ2v) is 8.33. The molecule has 1 aliphatic carbocycles. The summed E-state index contributed by atoms with van der Waals surface area (Å²) < 4.78 is 0.899. The maximum atomic E-state index is 13.1. The van der Waals surface area contributed by atoms with Gasteiger partial charge in [0, 0.05) is 35.5 Å². The zero-order valence-corrected chi connectivity index (χ0v) is 17.1. The van der Waals surface area contributed by atoms with E-state index < -0.39 is 0 Å².